The molecule has 0 radical (unpaired) electrons. The van der Waals surface area contributed by atoms with Crippen LogP contribution in [0.1, 0.15) is 18.4 Å². The van der Waals surface area contributed by atoms with Gasteiger partial charge < -0.3 is 16.0 Å². The minimum Gasteiger partial charge on any atom is -0.389 e. The van der Waals surface area contributed by atoms with Crippen LogP contribution in [0.25, 0.3) is 0 Å². The molecular weight excluding hydrogens is 278 g/mol. The number of piperidine rings is 1. The molecule has 1 aromatic rings. The molecule has 0 saturated carbocycles. The number of benzene rings is 1. The van der Waals surface area contributed by atoms with Gasteiger partial charge in [0.2, 0.25) is 0 Å². The maximum atomic E-state index is 5.98. The van der Waals surface area contributed by atoms with Crippen LogP contribution in [-0.4, -0.2) is 36.6 Å². The quantitative estimate of drug-likeness (QED) is 0.839. The third-order valence-electron chi connectivity index (χ3n) is 3.55. The predicted molar refractivity (Wildman–Crippen MR) is 86.1 cm³/mol. The van der Waals surface area contributed by atoms with Gasteiger partial charge in [0.15, 0.2) is 0 Å². The Bertz CT molecular complexity index is 464. The van der Waals surface area contributed by atoms with Gasteiger partial charge in [0.1, 0.15) is 4.99 Å². The zero-order valence-electron chi connectivity index (χ0n) is 11.2. The van der Waals surface area contributed by atoms with Gasteiger partial charge in [-0.3, -0.25) is 0 Å². The summed E-state index contributed by atoms with van der Waals surface area (Å²) in [6.45, 7) is 3.29. The zero-order valence-corrected chi connectivity index (χ0v) is 12.7. The number of nitrogens with zero attached hydrogens (tertiary/aromatic N) is 1. The van der Waals surface area contributed by atoms with E-state index in [1.54, 1.807) is 0 Å². The highest BCUT2D eigenvalue weighted by Gasteiger charge is 2.17. The van der Waals surface area contributed by atoms with Gasteiger partial charge in [-0.15, -0.1) is 0 Å². The summed E-state index contributed by atoms with van der Waals surface area (Å²) in [7, 11) is 2.18. The lowest BCUT2D eigenvalue weighted by molar-refractivity contribution is 0.217. The van der Waals surface area contributed by atoms with Crippen molar-refractivity contribution in [3.8, 4) is 0 Å². The first-order valence-electron chi connectivity index (χ1n) is 6.58. The van der Waals surface area contributed by atoms with Gasteiger partial charge >= 0.3 is 0 Å². The van der Waals surface area contributed by atoms with Crippen molar-refractivity contribution in [3.05, 3.63) is 28.8 Å². The van der Waals surface area contributed by atoms with Gasteiger partial charge in [0, 0.05) is 29.4 Å². The van der Waals surface area contributed by atoms with Crippen LogP contribution in [0.15, 0.2) is 18.2 Å². The van der Waals surface area contributed by atoms with Gasteiger partial charge in [-0.25, -0.2) is 0 Å². The lowest BCUT2D eigenvalue weighted by Crippen LogP contribution is -2.35. The summed E-state index contributed by atoms with van der Waals surface area (Å²) in [5, 5.41) is 4.12. The Hall–Kier alpha value is -0.840. The van der Waals surface area contributed by atoms with Crippen molar-refractivity contribution in [3.63, 3.8) is 0 Å². The lowest BCUT2D eigenvalue weighted by atomic mass is 9.98. The van der Waals surface area contributed by atoms with Crippen LogP contribution in [0.5, 0.6) is 0 Å². The fraction of sp³-hybridized carbons (Fsp3) is 0.500. The van der Waals surface area contributed by atoms with E-state index in [1.165, 1.54) is 19.4 Å². The van der Waals surface area contributed by atoms with Gasteiger partial charge in [-0.2, -0.15) is 0 Å². The second-order valence-corrected chi connectivity index (χ2v) is 6.08. The molecule has 1 fully saturated rings. The minimum atomic E-state index is 0.380. The predicted octanol–water partition coefficient (Wildman–Crippen LogP) is 2.73. The smallest absolute Gasteiger partial charge is 0.106 e. The maximum absolute atomic E-state index is 5.98. The first-order valence-corrected chi connectivity index (χ1v) is 7.36. The van der Waals surface area contributed by atoms with Crippen LogP contribution >= 0.6 is 23.8 Å². The summed E-state index contributed by atoms with van der Waals surface area (Å²) in [6.07, 6.45) is 2.54. The number of anilines is 1. The number of likely N-dealkylation sites (tertiary alicyclic amines) is 1. The summed E-state index contributed by atoms with van der Waals surface area (Å²) < 4.78 is 0. The van der Waals surface area contributed by atoms with Crippen molar-refractivity contribution < 1.29 is 0 Å². The number of nitrogens with two attached hydrogens (primary N) is 1. The molecule has 1 aliphatic heterocycles. The number of nitrogens with one attached hydrogen (secondary N) is 1. The molecule has 19 heavy (non-hydrogen) atoms. The second kappa shape index (κ2) is 6.55. The summed E-state index contributed by atoms with van der Waals surface area (Å²) in [5.41, 5.74) is 7.54. The minimum absolute atomic E-state index is 0.380. The Morgan fingerprint density at radius 2 is 2.37 bits per heavy atom. The molecule has 0 amide bonds. The highest BCUT2D eigenvalue weighted by Crippen LogP contribution is 2.22. The molecule has 2 rings (SSSR count). The lowest BCUT2D eigenvalue weighted by Gasteiger charge is -2.30. The van der Waals surface area contributed by atoms with E-state index >= 15 is 0 Å². The monoisotopic (exact) mass is 297 g/mol. The normalized spacial score (nSPS) is 20.2. The first-order chi connectivity index (χ1) is 9.06. The third-order valence-corrected chi connectivity index (χ3v) is 4.01. The van der Waals surface area contributed by atoms with E-state index in [0.717, 1.165) is 24.3 Å². The molecule has 1 unspecified atom stereocenters. The average molecular weight is 298 g/mol. The van der Waals surface area contributed by atoms with E-state index in [2.05, 4.69) is 17.3 Å². The zero-order chi connectivity index (χ0) is 13.8. The molecule has 3 nitrogen and oxygen atoms in total. The van der Waals surface area contributed by atoms with Crippen LogP contribution in [0.4, 0.5) is 5.69 Å². The molecule has 5 heteroatoms. The standard InChI is InChI=1S/C14H20ClN3S/c1-18-6-2-3-10(9-18)8-17-13-5-4-11(15)7-12(13)14(16)19/h4-5,7,10,17H,2-3,6,8-9H2,1H3,(H2,16,19). The Labute approximate surface area is 125 Å². The summed E-state index contributed by atoms with van der Waals surface area (Å²) in [5.74, 6) is 0.675. The molecule has 1 aromatic carbocycles. The number of rotatable bonds is 4. The largest absolute Gasteiger partial charge is 0.389 e. The van der Waals surface area contributed by atoms with Crippen molar-refractivity contribution >= 4 is 34.5 Å². The van der Waals surface area contributed by atoms with Crippen molar-refractivity contribution in [2.75, 3.05) is 32.0 Å². The molecule has 1 saturated heterocycles. The number of hydrogen-bond donors (Lipinski definition) is 2. The molecule has 1 aliphatic rings. The first kappa shape index (κ1) is 14.6. The van der Waals surface area contributed by atoms with Crippen LogP contribution in [-0.2, 0) is 0 Å². The highest BCUT2D eigenvalue weighted by molar-refractivity contribution is 7.80. The van der Waals surface area contributed by atoms with E-state index in [9.17, 15) is 0 Å². The van der Waals surface area contributed by atoms with Crippen molar-refractivity contribution in [2.24, 2.45) is 11.7 Å². The Balaban J connectivity index is 2.01. The Morgan fingerprint density at radius 1 is 1.58 bits per heavy atom. The van der Waals surface area contributed by atoms with E-state index < -0.39 is 0 Å². The van der Waals surface area contributed by atoms with Crippen LogP contribution < -0.4 is 11.1 Å². The molecule has 3 N–H and O–H groups in total. The summed E-state index contributed by atoms with van der Waals surface area (Å²) >= 11 is 11.0. The Kier molecular flexibility index (Phi) is 5.02. The van der Waals surface area contributed by atoms with Gasteiger partial charge in [-0.05, 0) is 50.6 Å². The van der Waals surface area contributed by atoms with Crippen LogP contribution in [0.2, 0.25) is 5.02 Å². The van der Waals surface area contributed by atoms with Gasteiger partial charge in [0.25, 0.3) is 0 Å². The van der Waals surface area contributed by atoms with Crippen molar-refractivity contribution in [1.29, 1.82) is 0 Å². The molecule has 0 spiro atoms. The van der Waals surface area contributed by atoms with Crippen LogP contribution in [0, 0.1) is 5.92 Å². The topological polar surface area (TPSA) is 41.3 Å². The summed E-state index contributed by atoms with van der Waals surface area (Å²) in [6, 6.07) is 5.63. The Morgan fingerprint density at radius 3 is 3.05 bits per heavy atom. The average Bonchev–Trinajstić information content (AvgIpc) is 2.37. The van der Waals surface area contributed by atoms with E-state index in [0.29, 0.717) is 15.9 Å². The van der Waals surface area contributed by atoms with Crippen molar-refractivity contribution in [1.82, 2.24) is 4.90 Å². The SMILES string of the molecule is CN1CCCC(CNc2ccc(Cl)cc2C(N)=S)C1. The fourth-order valence-corrected chi connectivity index (χ4v) is 2.91. The second-order valence-electron chi connectivity index (χ2n) is 5.21. The highest BCUT2D eigenvalue weighted by atomic mass is 35.5. The van der Waals surface area contributed by atoms with E-state index in [-0.39, 0.29) is 0 Å². The number of thiocarbonyl (C=S) groups is 1. The molecule has 1 heterocycles. The van der Waals surface area contributed by atoms with E-state index in [1.807, 2.05) is 18.2 Å². The van der Waals surface area contributed by atoms with Gasteiger partial charge in [0.05, 0.1) is 0 Å². The molecule has 1 atom stereocenters. The van der Waals surface area contributed by atoms with Crippen LogP contribution in [0.3, 0.4) is 0 Å². The fourth-order valence-electron chi connectivity index (χ4n) is 2.57. The molecule has 0 aliphatic carbocycles. The molecule has 104 valence electrons. The van der Waals surface area contributed by atoms with Gasteiger partial charge in [-0.1, -0.05) is 23.8 Å². The molecule has 0 aromatic heterocycles. The summed E-state index contributed by atoms with van der Waals surface area (Å²) in [4.78, 5) is 2.76. The van der Waals surface area contributed by atoms with Crippen molar-refractivity contribution in [2.45, 2.75) is 12.8 Å². The number of halogens is 1. The van der Waals surface area contributed by atoms with E-state index in [4.69, 9.17) is 29.6 Å². The molecular formula is C14H20ClN3S. The number of hydrogen-bond acceptors (Lipinski definition) is 3. The third kappa shape index (κ3) is 4.06. The maximum Gasteiger partial charge on any atom is 0.106 e. The molecule has 0 bridgehead atoms.